The van der Waals surface area contributed by atoms with Gasteiger partial charge >= 0.3 is 12.1 Å². The molecule has 0 unspecified atom stereocenters. The summed E-state index contributed by atoms with van der Waals surface area (Å²) >= 11 is 6.17. The zero-order valence-electron chi connectivity index (χ0n) is 13.4. The van der Waals surface area contributed by atoms with Gasteiger partial charge in [-0.3, -0.25) is 4.79 Å². The van der Waals surface area contributed by atoms with Gasteiger partial charge in [-0.2, -0.15) is 13.2 Å². The molecule has 0 bridgehead atoms. The molecule has 2 aromatic heterocycles. The molecule has 3 aromatic rings. The van der Waals surface area contributed by atoms with Crippen LogP contribution in [0.1, 0.15) is 17.1 Å². The first-order valence-electron chi connectivity index (χ1n) is 7.43. The number of ether oxygens (including phenoxy) is 1. The fraction of sp³-hybridized carbons (Fsp3) is 0.250. The third kappa shape index (κ3) is 4.10. The molecule has 2 heterocycles. The first kappa shape index (κ1) is 18.1. The summed E-state index contributed by atoms with van der Waals surface area (Å²) in [6, 6.07) is 6.56. The van der Waals surface area contributed by atoms with E-state index in [1.807, 2.05) is 0 Å². The molecule has 0 spiro atoms. The van der Waals surface area contributed by atoms with Gasteiger partial charge in [0, 0.05) is 28.7 Å². The lowest BCUT2D eigenvalue weighted by molar-refractivity contribution is -0.173. The first-order valence-corrected chi connectivity index (χ1v) is 7.81. The normalized spacial score (nSPS) is 11.7. The number of carbonyl (C=O) groups excluding carboxylic acids is 1. The van der Waals surface area contributed by atoms with Crippen LogP contribution in [0.15, 0.2) is 28.8 Å². The van der Waals surface area contributed by atoms with Crippen molar-refractivity contribution < 1.29 is 27.2 Å². The van der Waals surface area contributed by atoms with Gasteiger partial charge in [0.05, 0.1) is 17.3 Å². The Kier molecular flexibility index (Phi) is 4.82. The number of H-pyrrole nitrogens is 1. The summed E-state index contributed by atoms with van der Waals surface area (Å²) in [6.45, 7) is 1.61. The molecule has 0 atom stereocenters. The molecule has 3 rings (SSSR count). The van der Waals surface area contributed by atoms with E-state index in [2.05, 4.69) is 10.1 Å². The predicted octanol–water partition coefficient (Wildman–Crippen LogP) is 3.88. The summed E-state index contributed by atoms with van der Waals surface area (Å²) in [5, 5.41) is 6.55. The number of benzene rings is 1. The van der Waals surface area contributed by atoms with E-state index >= 15 is 0 Å². The predicted molar refractivity (Wildman–Crippen MR) is 86.8 cm³/mol. The average Bonchev–Trinajstić information content (AvgIpc) is 3.14. The Morgan fingerprint density at radius 1 is 1.35 bits per heavy atom. The van der Waals surface area contributed by atoms with E-state index in [0.717, 1.165) is 5.69 Å². The van der Waals surface area contributed by atoms with Crippen molar-refractivity contribution in [3.05, 3.63) is 46.4 Å². The molecule has 6 nitrogen and oxygen atoms in total. The molecule has 10 heteroatoms. The van der Waals surface area contributed by atoms with Crippen molar-refractivity contribution in [3.8, 4) is 5.75 Å². The van der Waals surface area contributed by atoms with E-state index in [9.17, 15) is 18.0 Å². The van der Waals surface area contributed by atoms with Crippen LogP contribution in [0.4, 0.5) is 13.2 Å². The third-order valence-electron chi connectivity index (χ3n) is 3.47. The lowest BCUT2D eigenvalue weighted by Gasteiger charge is -2.06. The molecule has 2 N–H and O–H groups in total. The van der Waals surface area contributed by atoms with E-state index in [4.69, 9.17) is 20.9 Å². The summed E-state index contributed by atoms with van der Waals surface area (Å²) in [5.74, 6) is -1.10. The van der Waals surface area contributed by atoms with Crippen molar-refractivity contribution in [2.45, 2.75) is 26.3 Å². The molecule has 0 saturated carbocycles. The zero-order chi connectivity index (χ0) is 18.9. The molecule has 138 valence electrons. The highest BCUT2D eigenvalue weighted by molar-refractivity contribution is 6.32. The lowest BCUT2D eigenvalue weighted by Crippen LogP contribution is -2.36. The number of amides is 1. The first-order chi connectivity index (χ1) is 12.2. The number of aromatic amines is 1. The zero-order valence-corrected chi connectivity index (χ0v) is 14.2. The molecule has 0 aliphatic carbocycles. The lowest BCUT2D eigenvalue weighted by atomic mass is 10.2. The van der Waals surface area contributed by atoms with Gasteiger partial charge in [0.2, 0.25) is 0 Å². The number of aryl methyl sites for hydroxylation is 1. The molecule has 26 heavy (non-hydrogen) atoms. The highest BCUT2D eigenvalue weighted by atomic mass is 35.5. The molecular formula is C16H13ClF3N3O3. The van der Waals surface area contributed by atoms with Gasteiger partial charge in [0.1, 0.15) is 12.4 Å². The summed E-state index contributed by atoms with van der Waals surface area (Å²) in [7, 11) is 0. The quantitative estimate of drug-likeness (QED) is 0.696. The molecule has 1 amide bonds. The highest BCUT2D eigenvalue weighted by Gasteiger charge is 2.38. The second-order valence-electron chi connectivity index (χ2n) is 5.57. The number of aromatic nitrogens is 2. The number of hydrogen-bond acceptors (Lipinski definition) is 4. The van der Waals surface area contributed by atoms with Crippen LogP contribution in [0.3, 0.4) is 0 Å². The number of halogens is 4. The maximum atomic E-state index is 12.2. The van der Waals surface area contributed by atoms with Gasteiger partial charge in [-0.05, 0) is 19.1 Å². The van der Waals surface area contributed by atoms with Crippen LogP contribution in [-0.2, 0) is 17.9 Å². The average molecular weight is 388 g/mol. The fourth-order valence-electron chi connectivity index (χ4n) is 2.31. The maximum Gasteiger partial charge on any atom is 0.471 e. The standard InChI is InChI=1S/C16H13ClF3N3O3/c1-8-2-11(26-23-8)7-25-14-5-13-9(4-12(14)17)3-10(22-13)6-21-15(24)16(18,19)20/h2-5,22H,6-7H2,1H3,(H,21,24). The second kappa shape index (κ2) is 6.91. The van der Waals surface area contributed by atoms with Crippen LogP contribution in [0.25, 0.3) is 10.9 Å². The van der Waals surface area contributed by atoms with Crippen LogP contribution >= 0.6 is 11.6 Å². The minimum Gasteiger partial charge on any atom is -0.484 e. The molecule has 1 aromatic carbocycles. The van der Waals surface area contributed by atoms with E-state index in [0.29, 0.717) is 33.1 Å². The number of rotatable bonds is 5. The monoisotopic (exact) mass is 387 g/mol. The van der Waals surface area contributed by atoms with Gasteiger partial charge in [-0.15, -0.1) is 0 Å². The Morgan fingerprint density at radius 3 is 2.77 bits per heavy atom. The minimum atomic E-state index is -4.92. The van der Waals surface area contributed by atoms with Gasteiger partial charge in [-0.25, -0.2) is 0 Å². The van der Waals surface area contributed by atoms with E-state index < -0.39 is 12.1 Å². The van der Waals surface area contributed by atoms with Gasteiger partial charge in [0.15, 0.2) is 5.76 Å². The number of fused-ring (bicyclic) bond motifs is 1. The molecule has 0 fully saturated rings. The number of hydrogen-bond donors (Lipinski definition) is 2. The van der Waals surface area contributed by atoms with Crippen LogP contribution in [0.5, 0.6) is 5.75 Å². The SMILES string of the molecule is Cc1cc(COc2cc3[nH]c(CNC(=O)C(F)(F)F)cc3cc2Cl)on1. The Morgan fingerprint density at radius 2 is 2.12 bits per heavy atom. The van der Waals surface area contributed by atoms with Crippen molar-refractivity contribution in [2.24, 2.45) is 0 Å². The van der Waals surface area contributed by atoms with Gasteiger partial charge < -0.3 is 19.6 Å². The van der Waals surface area contributed by atoms with E-state index in [-0.39, 0.29) is 13.2 Å². The summed E-state index contributed by atoms with van der Waals surface area (Å²) in [6.07, 6.45) is -4.92. The number of nitrogens with one attached hydrogen (secondary N) is 2. The van der Waals surface area contributed by atoms with Crippen LogP contribution in [0, 0.1) is 6.92 Å². The second-order valence-corrected chi connectivity index (χ2v) is 5.98. The minimum absolute atomic E-state index is 0.126. The van der Waals surface area contributed by atoms with E-state index in [1.165, 1.54) is 0 Å². The van der Waals surface area contributed by atoms with Crippen molar-refractivity contribution in [1.82, 2.24) is 15.5 Å². The Labute approximate surface area is 150 Å². The van der Waals surface area contributed by atoms with Crippen molar-refractivity contribution in [3.63, 3.8) is 0 Å². The molecule has 0 saturated heterocycles. The maximum absolute atomic E-state index is 12.2. The third-order valence-corrected chi connectivity index (χ3v) is 3.77. The summed E-state index contributed by atoms with van der Waals surface area (Å²) < 4.78 is 47.3. The molecule has 0 aliphatic heterocycles. The smallest absolute Gasteiger partial charge is 0.471 e. The fourth-order valence-corrected chi connectivity index (χ4v) is 2.53. The van der Waals surface area contributed by atoms with Gasteiger partial charge in [0.25, 0.3) is 0 Å². The topological polar surface area (TPSA) is 80.1 Å². The summed E-state index contributed by atoms with van der Waals surface area (Å²) in [5.41, 5.74) is 1.73. The van der Waals surface area contributed by atoms with Crippen molar-refractivity contribution in [1.29, 1.82) is 0 Å². The summed E-state index contributed by atoms with van der Waals surface area (Å²) in [4.78, 5) is 13.8. The number of carbonyl (C=O) groups is 1. The van der Waals surface area contributed by atoms with Crippen molar-refractivity contribution >= 4 is 28.4 Å². The van der Waals surface area contributed by atoms with Gasteiger partial charge in [-0.1, -0.05) is 16.8 Å². The molecule has 0 aliphatic rings. The largest absolute Gasteiger partial charge is 0.484 e. The van der Waals surface area contributed by atoms with Crippen LogP contribution < -0.4 is 10.1 Å². The van der Waals surface area contributed by atoms with E-state index in [1.54, 1.807) is 36.5 Å². The molecule has 0 radical (unpaired) electrons. The Bertz CT molecular complexity index is 949. The Hall–Kier alpha value is -2.68. The van der Waals surface area contributed by atoms with Crippen LogP contribution in [0.2, 0.25) is 5.02 Å². The van der Waals surface area contributed by atoms with Crippen molar-refractivity contribution in [2.75, 3.05) is 0 Å². The highest BCUT2D eigenvalue weighted by Crippen LogP contribution is 2.31. The Balaban J connectivity index is 1.72. The molecular weight excluding hydrogens is 375 g/mol. The number of nitrogens with zero attached hydrogens (tertiary/aromatic N) is 1. The van der Waals surface area contributed by atoms with Crippen LogP contribution in [-0.4, -0.2) is 22.2 Å². The number of alkyl halides is 3.